The molecule has 2 nitrogen and oxygen atoms in total. The summed E-state index contributed by atoms with van der Waals surface area (Å²) >= 11 is 8.25. The zero-order valence-corrected chi connectivity index (χ0v) is 11.7. The molecule has 2 heterocycles. The van der Waals surface area contributed by atoms with Crippen LogP contribution in [0.3, 0.4) is 0 Å². The van der Waals surface area contributed by atoms with E-state index in [1.807, 2.05) is 12.3 Å². The van der Waals surface area contributed by atoms with E-state index in [1.165, 1.54) is 23.5 Å². The Morgan fingerprint density at radius 2 is 2.53 bits per heavy atom. The van der Waals surface area contributed by atoms with Crippen molar-refractivity contribution >= 4 is 23.4 Å². The summed E-state index contributed by atoms with van der Waals surface area (Å²) < 4.78 is 0. The average molecular weight is 271 g/mol. The Hall–Kier alpha value is -0.250. The Kier molecular flexibility index (Phi) is 5.14. The maximum Gasteiger partial charge on any atom is 0.0621 e. The minimum absolute atomic E-state index is 0.551. The molecule has 0 spiro atoms. The van der Waals surface area contributed by atoms with E-state index < -0.39 is 0 Å². The number of aromatic nitrogens is 1. The molecule has 2 unspecified atom stereocenters. The van der Waals surface area contributed by atoms with Gasteiger partial charge in [0.05, 0.1) is 5.02 Å². The number of hydrogen-bond acceptors (Lipinski definition) is 3. The largest absolute Gasteiger partial charge is 0.314 e. The molecule has 1 N–H and O–H groups in total. The molecule has 0 amide bonds. The van der Waals surface area contributed by atoms with Crippen LogP contribution in [0.2, 0.25) is 5.02 Å². The highest BCUT2D eigenvalue weighted by molar-refractivity contribution is 7.99. The maximum absolute atomic E-state index is 6.18. The average Bonchev–Trinajstić information content (AvgIpc) is 2.85. The fourth-order valence-electron chi connectivity index (χ4n) is 2.34. The van der Waals surface area contributed by atoms with Crippen molar-refractivity contribution in [3.8, 4) is 0 Å². The van der Waals surface area contributed by atoms with Gasteiger partial charge in [0.2, 0.25) is 0 Å². The van der Waals surface area contributed by atoms with Crippen LogP contribution in [-0.2, 0) is 6.42 Å². The van der Waals surface area contributed by atoms with Crippen LogP contribution in [0.4, 0.5) is 0 Å². The molecule has 0 bridgehead atoms. The lowest BCUT2D eigenvalue weighted by Crippen LogP contribution is -2.38. The van der Waals surface area contributed by atoms with Crippen molar-refractivity contribution in [2.75, 3.05) is 18.1 Å². The van der Waals surface area contributed by atoms with Crippen LogP contribution < -0.4 is 5.32 Å². The van der Waals surface area contributed by atoms with E-state index in [9.17, 15) is 0 Å². The number of pyridine rings is 1. The zero-order chi connectivity index (χ0) is 12.1. The molecular weight excluding hydrogens is 252 g/mol. The first-order chi connectivity index (χ1) is 8.31. The van der Waals surface area contributed by atoms with Gasteiger partial charge in [-0.1, -0.05) is 18.5 Å². The lowest BCUT2D eigenvalue weighted by Gasteiger charge is -2.24. The Bertz CT molecular complexity index is 353. The first-order valence-corrected chi connectivity index (χ1v) is 7.74. The third-order valence-electron chi connectivity index (χ3n) is 3.30. The van der Waals surface area contributed by atoms with Crippen LogP contribution in [0.1, 0.15) is 18.9 Å². The van der Waals surface area contributed by atoms with E-state index in [0.29, 0.717) is 6.04 Å². The van der Waals surface area contributed by atoms with Gasteiger partial charge in [-0.25, -0.2) is 0 Å². The number of rotatable bonds is 5. The van der Waals surface area contributed by atoms with E-state index in [4.69, 9.17) is 11.6 Å². The Balaban J connectivity index is 2.04. The molecule has 94 valence electrons. The van der Waals surface area contributed by atoms with Gasteiger partial charge in [0.15, 0.2) is 0 Å². The topological polar surface area (TPSA) is 24.9 Å². The van der Waals surface area contributed by atoms with Crippen LogP contribution >= 0.6 is 23.4 Å². The van der Waals surface area contributed by atoms with E-state index in [1.54, 1.807) is 6.20 Å². The van der Waals surface area contributed by atoms with Gasteiger partial charge in [-0.05, 0) is 48.4 Å². The molecule has 1 aromatic rings. The van der Waals surface area contributed by atoms with E-state index in [2.05, 4.69) is 29.0 Å². The van der Waals surface area contributed by atoms with Gasteiger partial charge in [-0.2, -0.15) is 11.8 Å². The molecule has 1 aliphatic heterocycles. The summed E-state index contributed by atoms with van der Waals surface area (Å²) in [5, 5.41) is 4.40. The highest BCUT2D eigenvalue weighted by atomic mass is 35.5. The lowest BCUT2D eigenvalue weighted by atomic mass is 9.93. The van der Waals surface area contributed by atoms with Crippen LogP contribution in [-0.4, -0.2) is 29.1 Å². The summed E-state index contributed by atoms with van der Waals surface area (Å²) in [5.41, 5.74) is 1.21. The normalized spacial score (nSPS) is 21.6. The van der Waals surface area contributed by atoms with E-state index in [0.717, 1.165) is 23.9 Å². The number of nitrogens with zero attached hydrogens (tertiary/aromatic N) is 1. The second kappa shape index (κ2) is 6.62. The van der Waals surface area contributed by atoms with Gasteiger partial charge in [0, 0.05) is 18.4 Å². The lowest BCUT2D eigenvalue weighted by molar-refractivity contribution is 0.387. The number of thioether (sulfide) groups is 1. The quantitative estimate of drug-likeness (QED) is 0.890. The van der Waals surface area contributed by atoms with Crippen molar-refractivity contribution in [3.63, 3.8) is 0 Å². The fraction of sp³-hybridized carbons (Fsp3) is 0.615. The Labute approximate surface area is 113 Å². The van der Waals surface area contributed by atoms with Crippen LogP contribution in [0, 0.1) is 5.92 Å². The molecule has 1 aliphatic rings. The molecule has 2 rings (SSSR count). The predicted octanol–water partition coefficient (Wildman–Crippen LogP) is 3.01. The predicted molar refractivity (Wildman–Crippen MR) is 75.8 cm³/mol. The standard InChI is InChI=1S/C13H19ClN2S/c1-2-16-13(11-4-6-17-9-11)7-10-3-5-15-8-12(10)14/h3,5,8,11,13,16H,2,4,6-7,9H2,1H3. The van der Waals surface area contributed by atoms with Crippen molar-refractivity contribution in [1.29, 1.82) is 0 Å². The van der Waals surface area contributed by atoms with Crippen molar-refractivity contribution in [2.45, 2.75) is 25.8 Å². The van der Waals surface area contributed by atoms with Crippen molar-refractivity contribution in [1.82, 2.24) is 10.3 Å². The minimum Gasteiger partial charge on any atom is -0.314 e. The zero-order valence-electron chi connectivity index (χ0n) is 10.2. The first kappa shape index (κ1) is 13.2. The van der Waals surface area contributed by atoms with Gasteiger partial charge in [0.25, 0.3) is 0 Å². The molecular formula is C13H19ClN2S. The smallest absolute Gasteiger partial charge is 0.0621 e. The Morgan fingerprint density at radius 3 is 3.18 bits per heavy atom. The number of hydrogen-bond donors (Lipinski definition) is 1. The van der Waals surface area contributed by atoms with Crippen LogP contribution in [0.25, 0.3) is 0 Å². The Morgan fingerprint density at radius 1 is 1.65 bits per heavy atom. The van der Waals surface area contributed by atoms with Crippen molar-refractivity contribution in [2.24, 2.45) is 5.92 Å². The summed E-state index contributed by atoms with van der Waals surface area (Å²) in [6, 6.07) is 2.59. The fourth-order valence-corrected chi connectivity index (χ4v) is 3.88. The second-order valence-electron chi connectivity index (χ2n) is 4.46. The highest BCUT2D eigenvalue weighted by Gasteiger charge is 2.25. The van der Waals surface area contributed by atoms with Gasteiger partial charge < -0.3 is 5.32 Å². The van der Waals surface area contributed by atoms with Gasteiger partial charge >= 0.3 is 0 Å². The van der Waals surface area contributed by atoms with Crippen molar-refractivity contribution in [3.05, 3.63) is 29.0 Å². The third kappa shape index (κ3) is 3.60. The summed E-state index contributed by atoms with van der Waals surface area (Å²) in [6.07, 6.45) is 5.91. The van der Waals surface area contributed by atoms with Crippen LogP contribution in [0.15, 0.2) is 18.5 Å². The highest BCUT2D eigenvalue weighted by Crippen LogP contribution is 2.28. The SMILES string of the molecule is CCNC(Cc1ccncc1Cl)C1CCSC1. The maximum atomic E-state index is 6.18. The van der Waals surface area contributed by atoms with Gasteiger partial charge in [0.1, 0.15) is 0 Å². The number of nitrogens with one attached hydrogen (secondary N) is 1. The number of halogens is 1. The van der Waals surface area contributed by atoms with Gasteiger partial charge in [-0.3, -0.25) is 4.98 Å². The molecule has 1 aromatic heterocycles. The second-order valence-corrected chi connectivity index (χ2v) is 6.02. The molecule has 0 saturated carbocycles. The van der Waals surface area contributed by atoms with Gasteiger partial charge in [-0.15, -0.1) is 0 Å². The summed E-state index contributed by atoms with van der Waals surface area (Å²) in [6.45, 7) is 3.19. The number of likely N-dealkylation sites (N-methyl/N-ethyl adjacent to an activating group) is 1. The van der Waals surface area contributed by atoms with E-state index in [-0.39, 0.29) is 0 Å². The molecule has 0 aromatic carbocycles. The summed E-state index contributed by atoms with van der Waals surface area (Å²) in [7, 11) is 0. The molecule has 17 heavy (non-hydrogen) atoms. The van der Waals surface area contributed by atoms with Crippen molar-refractivity contribution < 1.29 is 0 Å². The molecule has 1 saturated heterocycles. The van der Waals surface area contributed by atoms with Crippen LogP contribution in [0.5, 0.6) is 0 Å². The first-order valence-electron chi connectivity index (χ1n) is 6.20. The molecule has 2 atom stereocenters. The molecule has 4 heteroatoms. The molecule has 0 radical (unpaired) electrons. The molecule has 0 aliphatic carbocycles. The third-order valence-corrected chi connectivity index (χ3v) is 4.83. The summed E-state index contributed by atoms with van der Waals surface area (Å²) in [4.78, 5) is 4.04. The monoisotopic (exact) mass is 270 g/mol. The molecule has 1 fully saturated rings. The van der Waals surface area contributed by atoms with E-state index >= 15 is 0 Å². The summed E-state index contributed by atoms with van der Waals surface area (Å²) in [5.74, 6) is 3.36. The minimum atomic E-state index is 0.551.